The van der Waals surface area contributed by atoms with Gasteiger partial charge in [-0.3, -0.25) is 23.3 Å². The Balaban J connectivity index is 2.22. The number of halogens is 1. The Kier molecular flexibility index (Phi) is 2.59. The molecule has 3 aromatic heterocycles. The zero-order valence-electron chi connectivity index (χ0n) is 12.4. The maximum Gasteiger partial charge on any atom is 0.329 e. The maximum atomic E-state index is 14.2. The molecule has 4 rings (SSSR count). The highest BCUT2D eigenvalue weighted by molar-refractivity contribution is 5.76. The minimum absolute atomic E-state index is 0.249. The smallest absolute Gasteiger partial charge is 0.280 e. The number of para-hydroxylation sites is 1. The third-order valence-corrected chi connectivity index (χ3v) is 3.89. The summed E-state index contributed by atoms with van der Waals surface area (Å²) in [5.74, 6) is -0.0298. The molecule has 116 valence electrons. The Hall–Kier alpha value is -3.16. The van der Waals surface area contributed by atoms with Crippen molar-refractivity contribution in [2.24, 2.45) is 7.05 Å². The van der Waals surface area contributed by atoms with Gasteiger partial charge in [-0.2, -0.15) is 4.98 Å². The van der Waals surface area contributed by atoms with E-state index >= 15 is 0 Å². The Labute approximate surface area is 128 Å². The number of aromatic nitrogens is 5. The fraction of sp³-hybridized carbons (Fsp3) is 0.133. The fourth-order valence-electron chi connectivity index (χ4n) is 2.80. The van der Waals surface area contributed by atoms with E-state index in [9.17, 15) is 14.0 Å². The summed E-state index contributed by atoms with van der Waals surface area (Å²) in [5, 5.41) is 0. The first-order valence-corrected chi connectivity index (χ1v) is 6.93. The number of rotatable bonds is 1. The molecule has 0 aliphatic rings. The molecule has 23 heavy (non-hydrogen) atoms. The van der Waals surface area contributed by atoms with Gasteiger partial charge in [0, 0.05) is 18.9 Å². The van der Waals surface area contributed by atoms with E-state index in [2.05, 4.69) is 9.97 Å². The molecule has 0 aliphatic heterocycles. The van der Waals surface area contributed by atoms with Crippen molar-refractivity contribution >= 4 is 16.9 Å². The summed E-state index contributed by atoms with van der Waals surface area (Å²) in [4.78, 5) is 30.5. The molecule has 0 spiro atoms. The highest BCUT2D eigenvalue weighted by atomic mass is 19.1. The molecule has 0 saturated heterocycles. The Bertz CT molecular complexity index is 1190. The van der Waals surface area contributed by atoms with E-state index < -0.39 is 17.1 Å². The minimum Gasteiger partial charge on any atom is -0.280 e. The monoisotopic (exact) mass is 313 g/mol. The normalized spacial score (nSPS) is 11.6. The van der Waals surface area contributed by atoms with Crippen LogP contribution < -0.4 is 11.2 Å². The van der Waals surface area contributed by atoms with Gasteiger partial charge in [-0.05, 0) is 19.1 Å². The van der Waals surface area contributed by atoms with Crippen LogP contribution in [0.15, 0.2) is 40.1 Å². The van der Waals surface area contributed by atoms with Crippen molar-refractivity contribution in [3.05, 3.63) is 62.8 Å². The first-order valence-electron chi connectivity index (χ1n) is 6.93. The summed E-state index contributed by atoms with van der Waals surface area (Å²) in [6, 6.07) is 6.31. The molecule has 0 amide bonds. The van der Waals surface area contributed by atoms with Gasteiger partial charge in [-0.15, -0.1) is 0 Å². The van der Waals surface area contributed by atoms with Gasteiger partial charge in [0.2, 0.25) is 5.78 Å². The molecule has 0 bridgehead atoms. The van der Waals surface area contributed by atoms with Gasteiger partial charge in [-0.25, -0.2) is 9.18 Å². The molecule has 0 saturated carbocycles. The second-order valence-corrected chi connectivity index (χ2v) is 5.33. The first kappa shape index (κ1) is 13.5. The molecular formula is C15H12FN5O2. The predicted molar refractivity (Wildman–Crippen MR) is 82.6 cm³/mol. The van der Waals surface area contributed by atoms with Crippen molar-refractivity contribution in [2.75, 3.05) is 0 Å². The van der Waals surface area contributed by atoms with Crippen LogP contribution in [-0.4, -0.2) is 23.5 Å². The van der Waals surface area contributed by atoms with Crippen LogP contribution in [0, 0.1) is 12.7 Å². The van der Waals surface area contributed by atoms with Crippen molar-refractivity contribution in [2.45, 2.75) is 6.92 Å². The topological polar surface area (TPSA) is 77.1 Å². The van der Waals surface area contributed by atoms with E-state index in [4.69, 9.17) is 0 Å². The van der Waals surface area contributed by atoms with E-state index in [1.165, 1.54) is 17.7 Å². The Morgan fingerprint density at radius 3 is 2.70 bits per heavy atom. The largest absolute Gasteiger partial charge is 0.329 e. The van der Waals surface area contributed by atoms with Gasteiger partial charge < -0.3 is 0 Å². The second kappa shape index (κ2) is 4.42. The van der Waals surface area contributed by atoms with Crippen LogP contribution >= 0.6 is 0 Å². The molecule has 4 aromatic rings. The highest BCUT2D eigenvalue weighted by Gasteiger charge is 2.19. The van der Waals surface area contributed by atoms with E-state index in [0.29, 0.717) is 17.2 Å². The number of hydrogen-bond acceptors (Lipinski definition) is 3. The summed E-state index contributed by atoms with van der Waals surface area (Å²) in [6.07, 6.45) is 1.69. The minimum atomic E-state index is -0.544. The summed E-state index contributed by atoms with van der Waals surface area (Å²) in [6.45, 7) is 1.79. The average Bonchev–Trinajstić information content (AvgIpc) is 3.01. The van der Waals surface area contributed by atoms with Crippen molar-refractivity contribution < 1.29 is 4.39 Å². The van der Waals surface area contributed by atoms with Crippen LogP contribution in [0.2, 0.25) is 0 Å². The molecule has 7 nitrogen and oxygen atoms in total. The molecule has 3 heterocycles. The first-order chi connectivity index (χ1) is 11.0. The van der Waals surface area contributed by atoms with Crippen molar-refractivity contribution in [3.8, 4) is 5.69 Å². The summed E-state index contributed by atoms with van der Waals surface area (Å²) in [5.41, 5.74) is 0.474. The van der Waals surface area contributed by atoms with Gasteiger partial charge in [0.15, 0.2) is 11.2 Å². The summed E-state index contributed by atoms with van der Waals surface area (Å²) >= 11 is 0. The van der Waals surface area contributed by atoms with Gasteiger partial charge in [0.05, 0.1) is 5.69 Å². The Morgan fingerprint density at radius 2 is 1.96 bits per heavy atom. The zero-order chi connectivity index (χ0) is 16.3. The number of aryl methyl sites for hydroxylation is 2. The van der Waals surface area contributed by atoms with E-state index in [1.54, 1.807) is 40.3 Å². The van der Waals surface area contributed by atoms with Crippen molar-refractivity contribution in [3.63, 3.8) is 0 Å². The predicted octanol–water partition coefficient (Wildman–Crippen LogP) is 1.11. The lowest BCUT2D eigenvalue weighted by molar-refractivity contribution is 0.618. The lowest BCUT2D eigenvalue weighted by Crippen LogP contribution is -2.28. The highest BCUT2D eigenvalue weighted by Crippen LogP contribution is 2.22. The summed E-state index contributed by atoms with van der Waals surface area (Å²) in [7, 11) is 1.52. The van der Waals surface area contributed by atoms with Gasteiger partial charge in [0.1, 0.15) is 5.82 Å². The fourth-order valence-corrected chi connectivity index (χ4v) is 2.80. The van der Waals surface area contributed by atoms with Crippen molar-refractivity contribution in [1.29, 1.82) is 0 Å². The lowest BCUT2D eigenvalue weighted by atomic mass is 10.3. The van der Waals surface area contributed by atoms with Crippen LogP contribution in [-0.2, 0) is 7.05 Å². The molecule has 8 heteroatoms. The number of benzene rings is 1. The zero-order valence-corrected chi connectivity index (χ0v) is 12.4. The van der Waals surface area contributed by atoms with Gasteiger partial charge in [0.25, 0.3) is 5.56 Å². The molecule has 1 N–H and O–H groups in total. The molecule has 1 aromatic carbocycles. The van der Waals surface area contributed by atoms with Crippen LogP contribution in [0.1, 0.15) is 5.69 Å². The summed E-state index contributed by atoms with van der Waals surface area (Å²) < 4.78 is 18.6. The number of nitrogens with zero attached hydrogens (tertiary/aromatic N) is 4. The molecule has 0 aliphatic carbocycles. The van der Waals surface area contributed by atoms with E-state index in [1.807, 2.05) is 0 Å². The van der Waals surface area contributed by atoms with Crippen molar-refractivity contribution in [1.82, 2.24) is 23.5 Å². The van der Waals surface area contributed by atoms with Crippen LogP contribution in [0.5, 0.6) is 0 Å². The average molecular weight is 313 g/mol. The third-order valence-electron chi connectivity index (χ3n) is 3.89. The number of aromatic amines is 1. The van der Waals surface area contributed by atoms with Gasteiger partial charge in [-0.1, -0.05) is 12.1 Å². The lowest BCUT2D eigenvalue weighted by Gasteiger charge is -2.06. The van der Waals surface area contributed by atoms with Crippen LogP contribution in [0.3, 0.4) is 0 Å². The number of hydrogen-bond donors (Lipinski definition) is 1. The molecule has 0 unspecified atom stereocenters. The molecule has 0 radical (unpaired) electrons. The molecule has 0 atom stereocenters. The molecular weight excluding hydrogens is 301 g/mol. The van der Waals surface area contributed by atoms with E-state index in [0.717, 1.165) is 0 Å². The number of imidazole rings is 2. The number of H-pyrrole nitrogens is 1. The maximum absolute atomic E-state index is 14.2. The third kappa shape index (κ3) is 1.71. The number of fused-ring (bicyclic) bond motifs is 3. The molecule has 0 fully saturated rings. The quantitative estimate of drug-likeness (QED) is 0.572. The second-order valence-electron chi connectivity index (χ2n) is 5.33. The van der Waals surface area contributed by atoms with E-state index in [-0.39, 0.29) is 11.2 Å². The SMILES string of the molecule is Cc1cn2c3c(=O)[nH]c(=O)n(C)c3nc2n1-c1ccccc1F. The van der Waals surface area contributed by atoms with Gasteiger partial charge >= 0.3 is 5.69 Å². The Morgan fingerprint density at radius 1 is 1.22 bits per heavy atom. The van der Waals surface area contributed by atoms with Crippen LogP contribution in [0.4, 0.5) is 4.39 Å². The number of nitrogens with one attached hydrogen (secondary N) is 1. The van der Waals surface area contributed by atoms with Crippen LogP contribution in [0.25, 0.3) is 22.6 Å². The standard InChI is InChI=1S/C15H12FN5O2/c1-8-7-20-11-12(19(2)15(23)18-13(11)22)17-14(20)21(8)10-6-4-3-5-9(10)16/h3-7H,1-2H3,(H,18,22,23).